The van der Waals surface area contributed by atoms with Crippen LogP contribution in [-0.2, 0) is 37.0 Å². The maximum Gasteiger partial charge on any atom is 0.405 e. The van der Waals surface area contributed by atoms with Crippen LogP contribution in [0.1, 0.15) is 43.1 Å². The molecule has 0 spiro atoms. The first kappa shape index (κ1) is 42.6. The third-order valence-corrected chi connectivity index (χ3v) is 11.8. The highest BCUT2D eigenvalue weighted by Crippen LogP contribution is 2.58. The van der Waals surface area contributed by atoms with Gasteiger partial charge in [0.15, 0.2) is 46.8 Å². The summed E-state index contributed by atoms with van der Waals surface area (Å²) in [4.78, 5) is 74.1. The molecular formula is C31H33F2N11O11P2S2. The Morgan fingerprint density at radius 1 is 0.983 bits per heavy atom. The maximum absolute atomic E-state index is 16.5. The van der Waals surface area contributed by atoms with Gasteiger partial charge in [-0.3, -0.25) is 52.0 Å². The van der Waals surface area contributed by atoms with Crippen LogP contribution in [0.2, 0.25) is 0 Å². The number of anilines is 2. The van der Waals surface area contributed by atoms with Crippen molar-refractivity contribution in [1.29, 1.82) is 0 Å². The van der Waals surface area contributed by atoms with Crippen LogP contribution in [0.15, 0.2) is 59.1 Å². The minimum atomic E-state index is -4.59. The molecule has 0 unspecified atom stereocenters. The molecule has 9 atom stereocenters. The molecule has 2 saturated heterocycles. The van der Waals surface area contributed by atoms with Gasteiger partial charge in [-0.05, 0) is 12.1 Å². The number of nitroso groups, excluding NO2 is 1. The predicted octanol–water partition coefficient (Wildman–Crippen LogP) is 4.93. The van der Waals surface area contributed by atoms with Gasteiger partial charge >= 0.3 is 13.5 Å². The molecule has 4 aromatic heterocycles. The first-order valence-corrected chi connectivity index (χ1v) is 22.9. The minimum Gasteiger partial charge on any atom is -0.349 e. The summed E-state index contributed by atoms with van der Waals surface area (Å²) in [5, 5.41) is 5.09. The smallest absolute Gasteiger partial charge is 0.349 e. The fraction of sp³-hybridized carbons (Fsp3) is 0.419. The number of amides is 2. The lowest BCUT2D eigenvalue weighted by atomic mass is 10.1. The lowest BCUT2D eigenvalue weighted by Gasteiger charge is -2.24. The first-order chi connectivity index (χ1) is 28.0. The largest absolute Gasteiger partial charge is 0.405 e. The Hall–Kier alpha value is -4.52. The summed E-state index contributed by atoms with van der Waals surface area (Å²) in [5.74, 6) is -1.58. The number of rotatable bonds is 15. The molecule has 2 amide bonds. The number of nitrogens with one attached hydrogen (secondary N) is 3. The molecule has 2 aliphatic rings. The topological polar surface area (TPSA) is 275 Å². The molecule has 0 bridgehead atoms. The number of imidazole rings is 2. The number of aromatic nitrogens is 8. The summed E-state index contributed by atoms with van der Waals surface area (Å²) in [6, 6.07) is 8.23. The number of halogens is 2. The van der Waals surface area contributed by atoms with Crippen LogP contribution in [0, 0.1) is 10.8 Å². The zero-order chi connectivity index (χ0) is 42.2. The third kappa shape index (κ3) is 9.30. The van der Waals surface area contributed by atoms with Gasteiger partial charge in [0, 0.05) is 22.8 Å². The summed E-state index contributed by atoms with van der Waals surface area (Å²) in [6.07, 6.45) is -8.41. The van der Waals surface area contributed by atoms with E-state index in [2.05, 4.69) is 70.0 Å². The van der Waals surface area contributed by atoms with Crippen molar-refractivity contribution in [2.45, 2.75) is 63.4 Å². The summed E-state index contributed by atoms with van der Waals surface area (Å²) in [6.45, 7) is -7.10. The number of hydrogen-bond donors (Lipinski definition) is 5. The summed E-state index contributed by atoms with van der Waals surface area (Å²) < 4.78 is 87.6. The number of fused-ring (bicyclic) bond motifs is 2. The second-order valence-corrected chi connectivity index (χ2v) is 19.2. The molecule has 6 heterocycles. The van der Waals surface area contributed by atoms with E-state index in [0.29, 0.717) is 5.56 Å². The van der Waals surface area contributed by atoms with Gasteiger partial charge in [-0.2, -0.15) is 4.98 Å². The number of nitrogens with zero attached hydrogens (tertiary/aromatic N) is 8. The standard InChI is InChI=1S/C31H33F2N11O11P2S2/c1-14(2)26(45)40-31-39-25-21(28(47)41-31)37-13-44(25)29-17(32)8-16(53-29)9-52-57(50,59)55-22-18(10-51-56(49,58)42-48)54-30(19(22)33)43-12-36-20-23(34-11-35-24(20)43)38-27(46)15-6-4-3-5-7-15/h3-7,11-14,16-19,22,29-30H,8-10H2,1-2H3,(H,49,58)(H,50,59)(H,34,35,38,46)(H2,39,40,41,45,47)/t16-,17+,18+,19+,22+,29+,30+,56+,57+/m0/s1. The summed E-state index contributed by atoms with van der Waals surface area (Å²) in [7, 11) is 0. The predicted molar refractivity (Wildman–Crippen MR) is 209 cm³/mol. The van der Waals surface area contributed by atoms with Gasteiger partial charge in [0.2, 0.25) is 11.9 Å². The van der Waals surface area contributed by atoms with E-state index in [0.717, 1.165) is 28.1 Å². The molecule has 0 aliphatic carbocycles. The number of aromatic amines is 1. The summed E-state index contributed by atoms with van der Waals surface area (Å²) >= 11 is 7.58. The van der Waals surface area contributed by atoms with Crippen molar-refractivity contribution in [2.75, 3.05) is 23.8 Å². The second-order valence-electron chi connectivity index (χ2n) is 13.4. The monoisotopic (exact) mass is 899 g/mol. The average molecular weight is 900 g/mol. The van der Waals surface area contributed by atoms with E-state index in [1.54, 1.807) is 44.2 Å². The van der Waals surface area contributed by atoms with Gasteiger partial charge in [0.1, 0.15) is 24.7 Å². The van der Waals surface area contributed by atoms with E-state index in [9.17, 15) is 28.4 Å². The maximum atomic E-state index is 16.5. The Morgan fingerprint density at radius 2 is 1.69 bits per heavy atom. The highest BCUT2D eigenvalue weighted by atomic mass is 32.7. The SMILES string of the molecule is CC(C)C(=O)Nc1nc2c(ncn2[C@@H]2O[C@H](CO[P@@](=O)(S)O[C@H]3[C@@H](F)[C@H](n4cnc5c(NC(=O)c6ccccc6)ncnc54)O[C@@H]3CO[P@@](=O)(S)N=O)C[C@H]2F)c(=O)[nH]1. The van der Waals surface area contributed by atoms with Gasteiger partial charge in [0.05, 0.1) is 32.0 Å². The van der Waals surface area contributed by atoms with Gasteiger partial charge in [0.25, 0.3) is 11.5 Å². The van der Waals surface area contributed by atoms with E-state index >= 15 is 8.78 Å². The quantitative estimate of drug-likeness (QED) is 0.0529. The molecule has 2 aliphatic heterocycles. The Balaban J connectivity index is 1.06. The number of ether oxygens (including phenoxy) is 2. The third-order valence-electron chi connectivity index (χ3n) is 8.96. The van der Waals surface area contributed by atoms with Crippen molar-refractivity contribution in [3.63, 3.8) is 0 Å². The number of carbonyl (C=O) groups excluding carboxylic acids is 2. The molecule has 28 heteroatoms. The molecule has 2 fully saturated rings. The number of benzene rings is 1. The molecule has 59 heavy (non-hydrogen) atoms. The lowest BCUT2D eigenvalue weighted by Crippen LogP contribution is -2.33. The second kappa shape index (κ2) is 17.2. The zero-order valence-corrected chi connectivity index (χ0v) is 34.0. The number of H-pyrrole nitrogens is 1. The van der Waals surface area contributed by atoms with Crippen molar-refractivity contribution >= 4 is 83.9 Å². The molecule has 5 aromatic rings. The zero-order valence-electron chi connectivity index (χ0n) is 30.5. The molecule has 0 radical (unpaired) electrons. The number of hydrogen-bond acceptors (Lipinski definition) is 16. The fourth-order valence-corrected chi connectivity index (χ4v) is 8.21. The van der Waals surface area contributed by atoms with Crippen LogP contribution in [0.5, 0.6) is 0 Å². The Labute approximate surface area is 340 Å². The van der Waals surface area contributed by atoms with Crippen LogP contribution in [0.4, 0.5) is 20.5 Å². The number of alkyl halides is 2. The number of thiol groups is 2. The van der Waals surface area contributed by atoms with Crippen LogP contribution < -0.4 is 16.2 Å². The van der Waals surface area contributed by atoms with Crippen LogP contribution in [0.3, 0.4) is 0 Å². The lowest BCUT2D eigenvalue weighted by molar-refractivity contribution is -0.118. The molecule has 314 valence electrons. The Kier molecular flexibility index (Phi) is 12.4. The fourth-order valence-electron chi connectivity index (χ4n) is 6.12. The van der Waals surface area contributed by atoms with Gasteiger partial charge < -0.3 is 14.8 Å². The highest BCUT2D eigenvalue weighted by molar-refractivity contribution is 8.45. The van der Waals surface area contributed by atoms with Crippen molar-refractivity contribution in [1.82, 2.24) is 39.0 Å². The van der Waals surface area contributed by atoms with E-state index in [-0.39, 0.29) is 40.5 Å². The molecule has 3 N–H and O–H groups in total. The Morgan fingerprint density at radius 3 is 2.41 bits per heavy atom. The highest BCUT2D eigenvalue weighted by Gasteiger charge is 2.51. The van der Waals surface area contributed by atoms with E-state index in [1.165, 1.54) is 0 Å². The van der Waals surface area contributed by atoms with Crippen molar-refractivity contribution in [2.24, 2.45) is 10.9 Å². The van der Waals surface area contributed by atoms with E-state index in [4.69, 9.17) is 23.0 Å². The van der Waals surface area contributed by atoms with Crippen LogP contribution in [-0.4, -0.2) is 94.7 Å². The van der Waals surface area contributed by atoms with Crippen molar-refractivity contribution in [3.05, 3.63) is 70.1 Å². The molecule has 7 rings (SSSR count). The molecular weight excluding hydrogens is 866 g/mol. The van der Waals surface area contributed by atoms with Gasteiger partial charge in [-0.25, -0.2) is 33.3 Å². The number of carbonyl (C=O) groups is 2. The van der Waals surface area contributed by atoms with E-state index in [1.807, 2.05) is 0 Å². The van der Waals surface area contributed by atoms with Crippen molar-refractivity contribution in [3.8, 4) is 0 Å². The average Bonchev–Trinajstić information content (AvgIpc) is 3.98. The minimum absolute atomic E-state index is 0.00761. The molecule has 22 nitrogen and oxygen atoms in total. The Bertz CT molecular complexity index is 2550. The first-order valence-electron chi connectivity index (χ1n) is 17.4. The normalized spacial score (nSPS) is 25.2. The van der Waals surface area contributed by atoms with Gasteiger partial charge in [-0.15, -0.1) is 4.91 Å². The van der Waals surface area contributed by atoms with Crippen molar-refractivity contribution < 1.29 is 50.5 Å². The van der Waals surface area contributed by atoms with Gasteiger partial charge in [-0.1, -0.05) is 56.5 Å². The molecule has 1 aromatic carbocycles. The molecule has 0 saturated carbocycles. The van der Waals surface area contributed by atoms with Crippen LogP contribution >= 0.6 is 38.0 Å². The summed E-state index contributed by atoms with van der Waals surface area (Å²) in [5.41, 5.74) is -0.589. The van der Waals surface area contributed by atoms with Crippen LogP contribution in [0.25, 0.3) is 22.3 Å². The van der Waals surface area contributed by atoms with E-state index < -0.39 is 93.1 Å².